The van der Waals surface area contributed by atoms with E-state index in [4.69, 9.17) is 4.74 Å². The molecule has 0 saturated heterocycles. The summed E-state index contributed by atoms with van der Waals surface area (Å²) in [6.45, 7) is 0. The van der Waals surface area contributed by atoms with E-state index in [0.717, 1.165) is 6.07 Å². The first-order valence-electron chi connectivity index (χ1n) is 8.54. The maximum Gasteiger partial charge on any atom is 0.333 e. The number of rotatable bonds is 6. The predicted molar refractivity (Wildman–Crippen MR) is 103 cm³/mol. The topological polar surface area (TPSA) is 67.8 Å². The van der Waals surface area contributed by atoms with Gasteiger partial charge < -0.3 is 10.1 Å². The first-order chi connectivity index (χ1) is 13.5. The van der Waals surface area contributed by atoms with E-state index in [0.29, 0.717) is 21.9 Å². The van der Waals surface area contributed by atoms with Crippen LogP contribution in [0.5, 0.6) is 0 Å². The van der Waals surface area contributed by atoms with Crippen LogP contribution in [-0.4, -0.2) is 35.8 Å². The van der Waals surface area contributed by atoms with Crippen LogP contribution >= 0.6 is 11.8 Å². The minimum atomic E-state index is -0.930. The minimum Gasteiger partial charge on any atom is -0.467 e. The van der Waals surface area contributed by atoms with Gasteiger partial charge in [-0.05, 0) is 23.3 Å². The minimum absolute atomic E-state index is 0.238. The van der Waals surface area contributed by atoms with Gasteiger partial charge in [-0.1, -0.05) is 30.3 Å². The molecule has 8 heteroatoms. The normalized spacial score (nSPS) is 17.0. The van der Waals surface area contributed by atoms with Crippen molar-refractivity contribution in [2.24, 2.45) is 4.99 Å². The fourth-order valence-corrected chi connectivity index (χ4v) is 3.87. The second-order valence-corrected chi connectivity index (χ2v) is 7.27. The molecule has 1 aliphatic rings. The molecule has 0 bridgehead atoms. The summed E-state index contributed by atoms with van der Waals surface area (Å²) in [7, 11) is 1.25. The van der Waals surface area contributed by atoms with E-state index in [1.54, 1.807) is 30.3 Å². The van der Waals surface area contributed by atoms with Gasteiger partial charge >= 0.3 is 5.97 Å². The van der Waals surface area contributed by atoms with Crippen molar-refractivity contribution in [2.75, 3.05) is 12.9 Å². The molecule has 2 atom stereocenters. The Labute approximate surface area is 165 Å². The lowest BCUT2D eigenvalue weighted by atomic mass is 10.1. The molecule has 1 aliphatic heterocycles. The highest BCUT2D eigenvalue weighted by Crippen LogP contribution is 2.23. The monoisotopic (exact) mass is 404 g/mol. The van der Waals surface area contributed by atoms with Crippen molar-refractivity contribution in [3.05, 3.63) is 71.3 Å². The predicted octanol–water partition coefficient (Wildman–Crippen LogP) is 3.05. The van der Waals surface area contributed by atoms with E-state index >= 15 is 0 Å². The van der Waals surface area contributed by atoms with Crippen molar-refractivity contribution >= 4 is 28.7 Å². The number of carbonyl (C=O) groups excluding carboxylic acids is 2. The summed E-state index contributed by atoms with van der Waals surface area (Å²) >= 11 is 1.35. The number of hydrogen-bond donors (Lipinski definition) is 1. The zero-order valence-corrected chi connectivity index (χ0v) is 15.8. The lowest BCUT2D eigenvalue weighted by Crippen LogP contribution is -2.40. The van der Waals surface area contributed by atoms with Crippen molar-refractivity contribution < 1.29 is 23.1 Å². The third-order valence-electron chi connectivity index (χ3n) is 4.14. The standard InChI is InChI=1S/C20H18F2N2O3S/c1-27-20(26)18(13-5-3-2-4-6-13)24-19(25)16-11-28-17(23-16)9-12-7-14(21)10-15(22)8-12/h2-8,10,16,18H,9,11H2,1H3,(H,24,25)/t16-,18?/m1/s1. The molecule has 146 valence electrons. The van der Waals surface area contributed by atoms with Gasteiger partial charge in [-0.25, -0.2) is 13.6 Å². The molecule has 0 spiro atoms. The van der Waals surface area contributed by atoms with Crippen molar-refractivity contribution in [1.29, 1.82) is 0 Å². The Morgan fingerprint density at radius 3 is 2.54 bits per heavy atom. The van der Waals surface area contributed by atoms with E-state index in [1.165, 1.54) is 31.0 Å². The molecule has 1 unspecified atom stereocenters. The Morgan fingerprint density at radius 1 is 1.21 bits per heavy atom. The third-order valence-corrected chi connectivity index (χ3v) is 5.21. The molecule has 5 nitrogen and oxygen atoms in total. The molecule has 1 N–H and O–H groups in total. The van der Waals surface area contributed by atoms with Crippen LogP contribution in [0.1, 0.15) is 17.2 Å². The van der Waals surface area contributed by atoms with Crippen LogP contribution in [-0.2, 0) is 20.7 Å². The van der Waals surface area contributed by atoms with Crippen LogP contribution in [0.25, 0.3) is 0 Å². The van der Waals surface area contributed by atoms with Gasteiger partial charge in [0.1, 0.15) is 17.7 Å². The van der Waals surface area contributed by atoms with Crippen LogP contribution in [0.4, 0.5) is 8.78 Å². The number of esters is 1. The molecule has 3 rings (SSSR count). The lowest BCUT2D eigenvalue weighted by molar-refractivity contribution is -0.145. The average molecular weight is 404 g/mol. The summed E-state index contributed by atoms with van der Waals surface area (Å²) in [4.78, 5) is 29.0. The fraction of sp³-hybridized carbons (Fsp3) is 0.250. The van der Waals surface area contributed by atoms with E-state index in [-0.39, 0.29) is 6.42 Å². The van der Waals surface area contributed by atoms with Crippen LogP contribution in [0.3, 0.4) is 0 Å². The zero-order chi connectivity index (χ0) is 20.1. The summed E-state index contributed by atoms with van der Waals surface area (Å²) in [5.41, 5.74) is 1.05. The van der Waals surface area contributed by atoms with Gasteiger partial charge in [0.15, 0.2) is 6.04 Å². The number of aliphatic imine (C=N–C) groups is 1. The molecule has 0 fully saturated rings. The largest absolute Gasteiger partial charge is 0.467 e. The first kappa shape index (κ1) is 20.0. The van der Waals surface area contributed by atoms with Crippen molar-refractivity contribution in [3.8, 4) is 0 Å². The number of amides is 1. The highest BCUT2D eigenvalue weighted by atomic mass is 32.2. The first-order valence-corrected chi connectivity index (χ1v) is 9.52. The van der Waals surface area contributed by atoms with Gasteiger partial charge in [0.2, 0.25) is 5.91 Å². The number of benzene rings is 2. The Morgan fingerprint density at radius 2 is 1.89 bits per heavy atom. The van der Waals surface area contributed by atoms with Crippen LogP contribution in [0, 0.1) is 11.6 Å². The number of halogens is 2. The van der Waals surface area contributed by atoms with Crippen molar-refractivity contribution in [3.63, 3.8) is 0 Å². The number of ether oxygens (including phenoxy) is 1. The Hall–Kier alpha value is -2.74. The molecule has 1 amide bonds. The Balaban J connectivity index is 1.69. The number of nitrogens with zero attached hydrogens (tertiary/aromatic N) is 1. The van der Waals surface area contributed by atoms with Crippen LogP contribution in [0.2, 0.25) is 0 Å². The third kappa shape index (κ3) is 4.95. The molecule has 0 aromatic heterocycles. The molecule has 2 aromatic rings. The molecule has 2 aromatic carbocycles. The maximum absolute atomic E-state index is 13.3. The molecular weight excluding hydrogens is 386 g/mol. The van der Waals surface area contributed by atoms with Crippen molar-refractivity contribution in [1.82, 2.24) is 5.32 Å². The molecule has 1 heterocycles. The van der Waals surface area contributed by atoms with Gasteiger partial charge in [-0.3, -0.25) is 9.79 Å². The van der Waals surface area contributed by atoms with E-state index in [9.17, 15) is 18.4 Å². The summed E-state index contributed by atoms with van der Waals surface area (Å²) in [6.07, 6.45) is 0.238. The quantitative estimate of drug-likeness (QED) is 0.752. The summed E-state index contributed by atoms with van der Waals surface area (Å²) in [5.74, 6) is -1.91. The number of carbonyl (C=O) groups is 2. The number of thioether (sulfide) groups is 1. The Kier molecular flexibility index (Phi) is 6.41. The second-order valence-electron chi connectivity index (χ2n) is 6.18. The molecular formula is C20H18F2N2O3S. The van der Waals surface area contributed by atoms with Gasteiger partial charge in [0, 0.05) is 18.2 Å². The van der Waals surface area contributed by atoms with Gasteiger partial charge in [-0.2, -0.15) is 0 Å². The number of hydrogen-bond acceptors (Lipinski definition) is 5. The lowest BCUT2D eigenvalue weighted by Gasteiger charge is -2.18. The van der Waals surface area contributed by atoms with E-state index in [1.807, 2.05) is 0 Å². The zero-order valence-electron chi connectivity index (χ0n) is 15.0. The maximum atomic E-state index is 13.3. The van der Waals surface area contributed by atoms with E-state index in [2.05, 4.69) is 10.3 Å². The molecule has 0 saturated carbocycles. The van der Waals surface area contributed by atoms with Gasteiger partial charge in [0.25, 0.3) is 0 Å². The highest BCUT2D eigenvalue weighted by molar-refractivity contribution is 8.14. The summed E-state index contributed by atoms with van der Waals surface area (Å²) in [5, 5.41) is 3.29. The SMILES string of the molecule is COC(=O)C(NC(=O)[C@H]1CSC(Cc2cc(F)cc(F)c2)=N1)c1ccccc1. The van der Waals surface area contributed by atoms with E-state index < -0.39 is 35.6 Å². The highest BCUT2D eigenvalue weighted by Gasteiger charge is 2.30. The number of nitrogens with one attached hydrogen (secondary N) is 1. The molecule has 0 radical (unpaired) electrons. The fourth-order valence-electron chi connectivity index (χ4n) is 2.82. The van der Waals surface area contributed by atoms with Crippen LogP contribution < -0.4 is 5.32 Å². The average Bonchev–Trinajstić information content (AvgIpc) is 3.13. The molecule has 28 heavy (non-hydrogen) atoms. The van der Waals surface area contributed by atoms with Crippen molar-refractivity contribution in [2.45, 2.75) is 18.5 Å². The number of methoxy groups -OCH3 is 1. The second kappa shape index (κ2) is 8.97. The summed E-state index contributed by atoms with van der Waals surface area (Å²) < 4.78 is 31.4. The van der Waals surface area contributed by atoms with Gasteiger partial charge in [-0.15, -0.1) is 11.8 Å². The smallest absolute Gasteiger partial charge is 0.333 e. The summed E-state index contributed by atoms with van der Waals surface area (Å²) in [6, 6.07) is 10.4. The van der Waals surface area contributed by atoms with Gasteiger partial charge in [0.05, 0.1) is 12.2 Å². The Bertz CT molecular complexity index is 885. The molecule has 0 aliphatic carbocycles. The van der Waals surface area contributed by atoms with Crippen LogP contribution in [0.15, 0.2) is 53.5 Å².